The average Bonchev–Trinajstić information content (AvgIpc) is 3.31. The van der Waals surface area contributed by atoms with Crippen LogP contribution < -0.4 is 4.90 Å². The number of rotatable bonds is 4. The predicted octanol–water partition coefficient (Wildman–Crippen LogP) is 3.59. The van der Waals surface area contributed by atoms with Crippen LogP contribution >= 0.6 is 11.3 Å². The maximum absolute atomic E-state index is 5.51. The van der Waals surface area contributed by atoms with E-state index in [1.54, 1.807) is 0 Å². The molecule has 3 fully saturated rings. The smallest absolute Gasteiger partial charge is 0.146 e. The highest BCUT2D eigenvalue weighted by atomic mass is 32.1. The Morgan fingerprint density at radius 1 is 1.00 bits per heavy atom. The Morgan fingerprint density at radius 3 is 2.47 bits per heavy atom. The summed E-state index contributed by atoms with van der Waals surface area (Å²) in [5.74, 6) is 2.15. The number of hydrogen-bond acceptors (Lipinski definition) is 7. The highest BCUT2D eigenvalue weighted by Gasteiger charge is 2.32. The summed E-state index contributed by atoms with van der Waals surface area (Å²) in [5.41, 5.74) is 1.36. The highest BCUT2D eigenvalue weighted by molar-refractivity contribution is 7.18. The second-order valence-electron chi connectivity index (χ2n) is 9.26. The Kier molecular flexibility index (Phi) is 5.97. The fourth-order valence-corrected chi connectivity index (χ4v) is 6.48. The molecule has 0 amide bonds. The van der Waals surface area contributed by atoms with E-state index < -0.39 is 0 Å². The first-order chi connectivity index (χ1) is 14.6. The molecule has 0 bridgehead atoms. The van der Waals surface area contributed by atoms with Gasteiger partial charge in [0, 0.05) is 43.1 Å². The standard InChI is InChI=1S/C23H35N5OS/c1-16-5-4-8-28(16)19-6-9-27(10-7-19)22-21-17(2)18(3)30-23(21)25-20(24-22)15-26-11-13-29-14-12-26/h16,19H,4-15H2,1-3H3. The SMILES string of the molecule is Cc1sc2nc(CN3CCOCC3)nc(N3CCC(N4CCCC4C)CC3)c2c1C. The third-order valence-electron chi connectivity index (χ3n) is 7.36. The quantitative estimate of drug-likeness (QED) is 0.740. The molecule has 0 radical (unpaired) electrons. The summed E-state index contributed by atoms with van der Waals surface area (Å²) in [6.45, 7) is 14.7. The van der Waals surface area contributed by atoms with Crippen molar-refractivity contribution < 1.29 is 4.74 Å². The van der Waals surface area contributed by atoms with E-state index in [4.69, 9.17) is 14.7 Å². The van der Waals surface area contributed by atoms with Crippen molar-refractivity contribution in [3.05, 3.63) is 16.3 Å². The molecule has 1 atom stereocenters. The van der Waals surface area contributed by atoms with Gasteiger partial charge in [-0.3, -0.25) is 9.80 Å². The molecule has 2 aromatic heterocycles. The normalized spacial score (nSPS) is 24.9. The molecular weight excluding hydrogens is 394 g/mol. The van der Waals surface area contributed by atoms with E-state index in [0.717, 1.165) is 68.7 Å². The van der Waals surface area contributed by atoms with Crippen LogP contribution in [0.1, 0.15) is 48.9 Å². The van der Waals surface area contributed by atoms with Crippen LogP contribution in [0, 0.1) is 13.8 Å². The molecule has 2 aromatic rings. The first-order valence-electron chi connectivity index (χ1n) is 11.7. The summed E-state index contributed by atoms with van der Waals surface area (Å²) in [7, 11) is 0. The lowest BCUT2D eigenvalue weighted by Crippen LogP contribution is -2.46. The Balaban J connectivity index is 1.39. The number of fused-ring (bicyclic) bond motifs is 1. The van der Waals surface area contributed by atoms with Gasteiger partial charge < -0.3 is 9.64 Å². The van der Waals surface area contributed by atoms with Crippen molar-refractivity contribution in [2.24, 2.45) is 0 Å². The van der Waals surface area contributed by atoms with E-state index in [1.807, 2.05) is 11.3 Å². The Hall–Kier alpha value is -1.28. The van der Waals surface area contributed by atoms with Gasteiger partial charge in [0.15, 0.2) is 0 Å². The zero-order valence-electron chi connectivity index (χ0n) is 18.7. The van der Waals surface area contributed by atoms with Gasteiger partial charge in [0.25, 0.3) is 0 Å². The Bertz CT molecular complexity index is 885. The third kappa shape index (κ3) is 3.97. The number of morpholine rings is 1. The molecule has 0 aliphatic carbocycles. The first-order valence-corrected chi connectivity index (χ1v) is 12.5. The van der Waals surface area contributed by atoms with Crippen LogP contribution in [0.25, 0.3) is 10.2 Å². The molecule has 0 N–H and O–H groups in total. The number of piperidine rings is 1. The van der Waals surface area contributed by atoms with Crippen LogP contribution in [0.5, 0.6) is 0 Å². The molecular formula is C23H35N5OS. The fraction of sp³-hybridized carbons (Fsp3) is 0.739. The minimum atomic E-state index is 0.745. The fourth-order valence-electron chi connectivity index (χ4n) is 5.44. The van der Waals surface area contributed by atoms with E-state index in [1.165, 1.54) is 53.9 Å². The minimum Gasteiger partial charge on any atom is -0.379 e. The van der Waals surface area contributed by atoms with Crippen molar-refractivity contribution in [1.82, 2.24) is 19.8 Å². The van der Waals surface area contributed by atoms with Gasteiger partial charge in [0.05, 0.1) is 25.1 Å². The van der Waals surface area contributed by atoms with E-state index >= 15 is 0 Å². The van der Waals surface area contributed by atoms with Crippen molar-refractivity contribution in [3.63, 3.8) is 0 Å². The Labute approximate surface area is 184 Å². The second-order valence-corrected chi connectivity index (χ2v) is 10.5. The van der Waals surface area contributed by atoms with Gasteiger partial charge in [0.2, 0.25) is 0 Å². The highest BCUT2D eigenvalue weighted by Crippen LogP contribution is 2.37. The number of aryl methyl sites for hydroxylation is 2. The summed E-state index contributed by atoms with van der Waals surface area (Å²) in [4.78, 5) is 20.4. The number of nitrogens with zero attached hydrogens (tertiary/aromatic N) is 5. The van der Waals surface area contributed by atoms with Crippen LogP contribution in [0.3, 0.4) is 0 Å². The van der Waals surface area contributed by atoms with Crippen molar-refractivity contribution in [2.75, 3.05) is 50.8 Å². The molecule has 5 heterocycles. The number of ether oxygens (including phenoxy) is 1. The van der Waals surface area contributed by atoms with Crippen LogP contribution in [0.4, 0.5) is 5.82 Å². The topological polar surface area (TPSA) is 44.7 Å². The van der Waals surface area contributed by atoms with E-state index in [9.17, 15) is 0 Å². The minimum absolute atomic E-state index is 0.745. The maximum atomic E-state index is 5.51. The lowest BCUT2D eigenvalue weighted by molar-refractivity contribution is 0.0331. The number of thiophene rings is 1. The second kappa shape index (κ2) is 8.69. The monoisotopic (exact) mass is 429 g/mol. The Morgan fingerprint density at radius 2 is 1.77 bits per heavy atom. The third-order valence-corrected chi connectivity index (χ3v) is 8.46. The van der Waals surface area contributed by atoms with Gasteiger partial charge >= 0.3 is 0 Å². The molecule has 0 spiro atoms. The molecule has 1 unspecified atom stereocenters. The van der Waals surface area contributed by atoms with E-state index in [2.05, 4.69) is 35.5 Å². The molecule has 7 heteroatoms. The molecule has 3 aliphatic rings. The molecule has 0 aromatic carbocycles. The zero-order chi connectivity index (χ0) is 20.7. The van der Waals surface area contributed by atoms with Gasteiger partial charge in [0.1, 0.15) is 16.5 Å². The van der Waals surface area contributed by atoms with Gasteiger partial charge in [-0.25, -0.2) is 9.97 Å². The van der Waals surface area contributed by atoms with Crippen molar-refractivity contribution >= 4 is 27.4 Å². The summed E-state index contributed by atoms with van der Waals surface area (Å²) >= 11 is 1.83. The largest absolute Gasteiger partial charge is 0.379 e. The van der Waals surface area contributed by atoms with E-state index in [0.29, 0.717) is 0 Å². The lowest BCUT2D eigenvalue weighted by atomic mass is 10.0. The summed E-state index contributed by atoms with van der Waals surface area (Å²) in [6, 6.07) is 1.50. The van der Waals surface area contributed by atoms with E-state index in [-0.39, 0.29) is 0 Å². The summed E-state index contributed by atoms with van der Waals surface area (Å²) in [6.07, 6.45) is 5.23. The lowest BCUT2D eigenvalue weighted by Gasteiger charge is -2.39. The van der Waals surface area contributed by atoms with Crippen molar-refractivity contribution in [2.45, 2.75) is 65.1 Å². The molecule has 3 aliphatic heterocycles. The van der Waals surface area contributed by atoms with Gasteiger partial charge in [-0.05, 0) is 58.6 Å². The molecule has 164 valence electrons. The van der Waals surface area contributed by atoms with Crippen LogP contribution in [0.2, 0.25) is 0 Å². The molecule has 5 rings (SSSR count). The maximum Gasteiger partial charge on any atom is 0.146 e. The van der Waals surface area contributed by atoms with Crippen molar-refractivity contribution in [3.8, 4) is 0 Å². The predicted molar refractivity (Wildman–Crippen MR) is 124 cm³/mol. The summed E-state index contributed by atoms with van der Waals surface area (Å²) < 4.78 is 5.51. The van der Waals surface area contributed by atoms with Crippen molar-refractivity contribution in [1.29, 1.82) is 0 Å². The van der Waals surface area contributed by atoms with Crippen LogP contribution in [-0.4, -0.2) is 77.8 Å². The number of aromatic nitrogens is 2. The number of likely N-dealkylation sites (tertiary alicyclic amines) is 1. The van der Waals surface area contributed by atoms with Gasteiger partial charge in [-0.1, -0.05) is 0 Å². The van der Waals surface area contributed by atoms with Gasteiger partial charge in [-0.2, -0.15) is 0 Å². The average molecular weight is 430 g/mol. The summed E-state index contributed by atoms with van der Waals surface area (Å²) in [5, 5.41) is 1.29. The molecule has 6 nitrogen and oxygen atoms in total. The molecule has 3 saturated heterocycles. The molecule has 30 heavy (non-hydrogen) atoms. The number of anilines is 1. The van der Waals surface area contributed by atoms with Crippen LogP contribution in [0.15, 0.2) is 0 Å². The first kappa shape index (κ1) is 20.6. The van der Waals surface area contributed by atoms with Gasteiger partial charge in [-0.15, -0.1) is 11.3 Å². The van der Waals surface area contributed by atoms with Crippen LogP contribution in [-0.2, 0) is 11.3 Å². The number of hydrogen-bond donors (Lipinski definition) is 0. The molecule has 0 saturated carbocycles. The zero-order valence-corrected chi connectivity index (χ0v) is 19.5.